The largest absolute Gasteiger partial charge is 0.326 e. The number of halogens is 1. The van der Waals surface area contributed by atoms with Gasteiger partial charge < -0.3 is 5.73 Å². The number of hydrogen-bond acceptors (Lipinski definition) is 5. The molecule has 3 heterocycles. The molecular formula is C13H20BrN3O2S2. The van der Waals surface area contributed by atoms with E-state index >= 15 is 0 Å². The first-order chi connectivity index (χ1) is 9.93. The molecule has 2 N–H and O–H groups in total. The third kappa shape index (κ3) is 2.82. The first kappa shape index (κ1) is 15.9. The van der Waals surface area contributed by atoms with Crippen molar-refractivity contribution < 1.29 is 8.42 Å². The fourth-order valence-corrected chi connectivity index (χ4v) is 7.47. The van der Waals surface area contributed by atoms with E-state index in [0.717, 1.165) is 24.4 Å². The summed E-state index contributed by atoms with van der Waals surface area (Å²) in [7, 11) is -3.46. The average Bonchev–Trinajstić information content (AvgIpc) is 3.03. The van der Waals surface area contributed by atoms with Crippen LogP contribution in [0.15, 0.2) is 14.7 Å². The van der Waals surface area contributed by atoms with Crippen molar-refractivity contribution in [2.24, 2.45) is 5.73 Å². The summed E-state index contributed by atoms with van der Waals surface area (Å²) in [6.07, 6.45) is 2.27. The van der Waals surface area contributed by atoms with E-state index in [1.165, 1.54) is 17.8 Å². The van der Waals surface area contributed by atoms with Crippen LogP contribution in [0.2, 0.25) is 0 Å². The maximum Gasteiger partial charge on any atom is 0.245 e. The number of fused-ring (bicyclic) bond motifs is 1. The summed E-state index contributed by atoms with van der Waals surface area (Å²) >= 11 is 4.78. The maximum atomic E-state index is 13.0. The first-order valence-corrected chi connectivity index (χ1v) is 10.2. The van der Waals surface area contributed by atoms with Crippen LogP contribution in [0.25, 0.3) is 0 Å². The van der Waals surface area contributed by atoms with Crippen molar-refractivity contribution in [3.63, 3.8) is 0 Å². The van der Waals surface area contributed by atoms with E-state index in [0.29, 0.717) is 27.8 Å². The van der Waals surface area contributed by atoms with Gasteiger partial charge in [0, 0.05) is 36.6 Å². The van der Waals surface area contributed by atoms with E-state index in [1.54, 1.807) is 10.4 Å². The molecule has 8 heteroatoms. The third-order valence-electron chi connectivity index (χ3n) is 4.37. The summed E-state index contributed by atoms with van der Waals surface area (Å²) in [4.78, 5) is 3.67. The first-order valence-electron chi connectivity index (χ1n) is 7.17. The fraction of sp³-hybridized carbons (Fsp3) is 0.692. The lowest BCUT2D eigenvalue weighted by Crippen LogP contribution is -2.56. The van der Waals surface area contributed by atoms with Gasteiger partial charge in [-0.3, -0.25) is 4.90 Å². The minimum Gasteiger partial charge on any atom is -0.326 e. The highest BCUT2D eigenvalue weighted by molar-refractivity contribution is 9.11. The Morgan fingerprint density at radius 1 is 1.48 bits per heavy atom. The quantitative estimate of drug-likeness (QED) is 0.850. The second-order valence-electron chi connectivity index (χ2n) is 5.77. The van der Waals surface area contributed by atoms with Crippen molar-refractivity contribution in [3.8, 4) is 0 Å². The summed E-state index contributed by atoms with van der Waals surface area (Å²) < 4.78 is 28.3. The topological polar surface area (TPSA) is 66.6 Å². The van der Waals surface area contributed by atoms with Crippen LogP contribution in [-0.2, 0) is 16.6 Å². The second kappa shape index (κ2) is 5.90. The van der Waals surface area contributed by atoms with Crippen molar-refractivity contribution in [1.29, 1.82) is 0 Å². The van der Waals surface area contributed by atoms with Gasteiger partial charge in [0.05, 0.1) is 3.79 Å². The van der Waals surface area contributed by atoms with Gasteiger partial charge in [0.1, 0.15) is 4.90 Å². The molecule has 118 valence electrons. The normalized spacial score (nSPS) is 28.0. The second-order valence-corrected chi connectivity index (χ2v) is 10.1. The Morgan fingerprint density at radius 3 is 2.90 bits per heavy atom. The van der Waals surface area contributed by atoms with E-state index in [9.17, 15) is 8.42 Å². The van der Waals surface area contributed by atoms with Crippen LogP contribution in [0.4, 0.5) is 0 Å². The molecule has 3 rings (SSSR count). The number of hydrogen-bond donors (Lipinski definition) is 1. The highest BCUT2D eigenvalue weighted by atomic mass is 79.9. The highest BCUT2D eigenvalue weighted by Crippen LogP contribution is 2.36. The molecule has 2 saturated heterocycles. The van der Waals surface area contributed by atoms with Crippen molar-refractivity contribution in [2.75, 3.05) is 19.6 Å². The van der Waals surface area contributed by atoms with Crippen LogP contribution in [0.5, 0.6) is 0 Å². The van der Waals surface area contributed by atoms with Crippen LogP contribution >= 0.6 is 27.3 Å². The fourth-order valence-electron chi connectivity index (χ4n) is 3.30. The number of thiophene rings is 1. The Morgan fingerprint density at radius 2 is 2.24 bits per heavy atom. The van der Waals surface area contributed by atoms with Gasteiger partial charge in [0.15, 0.2) is 0 Å². The van der Waals surface area contributed by atoms with Crippen LogP contribution in [0.3, 0.4) is 0 Å². The van der Waals surface area contributed by atoms with E-state index < -0.39 is 10.0 Å². The van der Waals surface area contributed by atoms with Gasteiger partial charge in [0.2, 0.25) is 10.0 Å². The molecule has 0 radical (unpaired) electrons. The van der Waals surface area contributed by atoms with E-state index in [2.05, 4.69) is 20.8 Å². The van der Waals surface area contributed by atoms with Gasteiger partial charge in [-0.05, 0) is 48.3 Å². The number of nitrogens with zero attached hydrogens (tertiary/aromatic N) is 2. The molecule has 2 aliphatic heterocycles. The van der Waals surface area contributed by atoms with E-state index in [-0.39, 0.29) is 6.04 Å². The molecule has 2 unspecified atom stereocenters. The Balaban J connectivity index is 1.91. The number of sulfonamides is 1. The SMILES string of the molecule is CC1CN2CCCC2CN1S(=O)(=O)c1cc(CN)sc1Br. The third-order valence-corrected chi connectivity index (χ3v) is 8.63. The predicted molar refractivity (Wildman–Crippen MR) is 87.9 cm³/mol. The molecule has 2 atom stereocenters. The average molecular weight is 394 g/mol. The van der Waals surface area contributed by atoms with Gasteiger partial charge in [-0.25, -0.2) is 8.42 Å². The molecule has 21 heavy (non-hydrogen) atoms. The highest BCUT2D eigenvalue weighted by Gasteiger charge is 2.41. The Hall–Kier alpha value is 0.01000. The molecule has 2 fully saturated rings. The summed E-state index contributed by atoms with van der Waals surface area (Å²) in [5.74, 6) is 0. The summed E-state index contributed by atoms with van der Waals surface area (Å²) in [6.45, 7) is 4.89. The van der Waals surface area contributed by atoms with Gasteiger partial charge >= 0.3 is 0 Å². The van der Waals surface area contributed by atoms with E-state index in [4.69, 9.17) is 5.73 Å². The minimum atomic E-state index is -3.46. The van der Waals surface area contributed by atoms with Crippen molar-refractivity contribution in [1.82, 2.24) is 9.21 Å². The number of piperazine rings is 1. The molecule has 0 saturated carbocycles. The zero-order chi connectivity index (χ0) is 15.2. The summed E-state index contributed by atoms with van der Waals surface area (Å²) in [5.41, 5.74) is 5.63. The molecule has 1 aromatic rings. The van der Waals surface area contributed by atoms with Crippen LogP contribution in [0, 0.1) is 0 Å². The molecule has 0 amide bonds. The van der Waals surface area contributed by atoms with Crippen LogP contribution in [-0.4, -0.2) is 49.3 Å². The Labute approximate surface area is 138 Å². The van der Waals surface area contributed by atoms with Gasteiger partial charge in [-0.1, -0.05) is 0 Å². The van der Waals surface area contributed by atoms with Gasteiger partial charge in [-0.2, -0.15) is 4.31 Å². The van der Waals surface area contributed by atoms with E-state index in [1.807, 2.05) is 6.92 Å². The maximum absolute atomic E-state index is 13.0. The van der Waals surface area contributed by atoms with Crippen molar-refractivity contribution in [2.45, 2.75) is 43.3 Å². The van der Waals surface area contributed by atoms with Crippen LogP contribution < -0.4 is 5.73 Å². The van der Waals surface area contributed by atoms with Gasteiger partial charge in [0.25, 0.3) is 0 Å². The zero-order valence-corrected chi connectivity index (χ0v) is 15.2. The lowest BCUT2D eigenvalue weighted by molar-refractivity contribution is 0.117. The van der Waals surface area contributed by atoms with Crippen molar-refractivity contribution >= 4 is 37.3 Å². The molecule has 2 aliphatic rings. The predicted octanol–water partition coefficient (Wildman–Crippen LogP) is 1.83. The smallest absolute Gasteiger partial charge is 0.245 e. The zero-order valence-electron chi connectivity index (χ0n) is 12.0. The standard InChI is InChI=1S/C13H20BrN3O2S2/c1-9-7-16-4-2-3-10(16)8-17(9)21(18,19)12-5-11(6-15)20-13(12)14/h5,9-10H,2-4,6-8,15H2,1H3. The minimum absolute atomic E-state index is 0.0116. The summed E-state index contributed by atoms with van der Waals surface area (Å²) in [5, 5.41) is 0. The molecule has 0 aromatic carbocycles. The Bertz CT molecular complexity index is 631. The molecule has 1 aromatic heterocycles. The number of nitrogens with two attached hydrogens (primary N) is 1. The number of rotatable bonds is 3. The summed E-state index contributed by atoms with van der Waals surface area (Å²) in [6, 6.07) is 2.09. The molecule has 5 nitrogen and oxygen atoms in total. The lowest BCUT2D eigenvalue weighted by atomic mass is 10.1. The van der Waals surface area contributed by atoms with Crippen molar-refractivity contribution in [3.05, 3.63) is 14.7 Å². The molecule has 0 aliphatic carbocycles. The van der Waals surface area contributed by atoms with Gasteiger partial charge in [-0.15, -0.1) is 11.3 Å². The monoisotopic (exact) mass is 393 g/mol. The molecular weight excluding hydrogens is 374 g/mol. The van der Waals surface area contributed by atoms with Crippen LogP contribution in [0.1, 0.15) is 24.6 Å². The lowest BCUT2D eigenvalue weighted by Gasteiger charge is -2.41. The molecule has 0 bridgehead atoms. The molecule has 0 spiro atoms. The Kier molecular flexibility index (Phi) is 4.46.